The fourth-order valence-corrected chi connectivity index (χ4v) is 6.44. The number of fused-ring (bicyclic) bond motifs is 1. The molecule has 0 saturated carbocycles. The van der Waals surface area contributed by atoms with Gasteiger partial charge in [0.1, 0.15) is 16.9 Å². The van der Waals surface area contributed by atoms with Gasteiger partial charge in [0, 0.05) is 13.6 Å². The standard InChI is InChI=1S/C14H18N8O7S2/c1-6(23)8-5-15-10-9(30(8,25)26)11(22(3)20-10)31(27,28)21-13(24)18-12-16-7(2)17-14(19-12)29-4/h8H,5H2,1-4H3,(H,15,20)(H2,16,17,18,19,21,24). The lowest BCUT2D eigenvalue weighted by atomic mass is 10.3. The van der Waals surface area contributed by atoms with Crippen molar-refractivity contribution in [3.63, 3.8) is 0 Å². The van der Waals surface area contributed by atoms with Crippen molar-refractivity contribution >= 4 is 43.4 Å². The summed E-state index contributed by atoms with van der Waals surface area (Å²) in [6, 6.07) is -1.38. The number of ketones is 1. The van der Waals surface area contributed by atoms with Crippen molar-refractivity contribution in [2.24, 2.45) is 7.05 Å². The molecule has 0 aliphatic carbocycles. The number of sulfone groups is 1. The van der Waals surface area contributed by atoms with E-state index in [1.54, 1.807) is 4.72 Å². The number of carbonyl (C=O) groups is 2. The Bertz CT molecular complexity index is 1290. The summed E-state index contributed by atoms with van der Waals surface area (Å²) in [5.74, 6) is -1.01. The van der Waals surface area contributed by atoms with Crippen molar-refractivity contribution in [1.82, 2.24) is 29.5 Å². The molecule has 1 atom stereocenters. The lowest BCUT2D eigenvalue weighted by Gasteiger charge is -2.21. The quantitative estimate of drug-likeness (QED) is 0.457. The molecular formula is C14H18N8O7S2. The van der Waals surface area contributed by atoms with E-state index in [2.05, 4.69) is 30.7 Å². The minimum absolute atomic E-state index is 0.112. The van der Waals surface area contributed by atoms with Crippen LogP contribution < -0.4 is 20.1 Å². The monoisotopic (exact) mass is 474 g/mol. The predicted molar refractivity (Wildman–Crippen MR) is 104 cm³/mol. The molecule has 0 fully saturated rings. The zero-order valence-electron chi connectivity index (χ0n) is 16.7. The molecule has 0 radical (unpaired) electrons. The molecule has 31 heavy (non-hydrogen) atoms. The van der Waals surface area contributed by atoms with Crippen LogP contribution in [0.25, 0.3) is 0 Å². The predicted octanol–water partition coefficient (Wildman–Crippen LogP) is -1.41. The molecule has 0 bridgehead atoms. The first kappa shape index (κ1) is 22.3. The third-order valence-corrected chi connectivity index (χ3v) is 7.90. The first-order valence-corrected chi connectivity index (χ1v) is 11.6. The van der Waals surface area contributed by atoms with Crippen molar-refractivity contribution in [3.8, 4) is 6.01 Å². The van der Waals surface area contributed by atoms with Crippen LogP contribution in [-0.4, -0.2) is 72.3 Å². The molecule has 1 aliphatic rings. The van der Waals surface area contributed by atoms with E-state index in [1.165, 1.54) is 21.1 Å². The zero-order valence-corrected chi connectivity index (χ0v) is 18.3. The maximum absolute atomic E-state index is 12.9. The molecule has 0 saturated heterocycles. The number of anilines is 2. The summed E-state index contributed by atoms with van der Waals surface area (Å²) in [5.41, 5.74) is 0. The molecule has 2 amide bonds. The number of hydrogen-bond donors (Lipinski definition) is 3. The lowest BCUT2D eigenvalue weighted by Crippen LogP contribution is -2.41. The molecule has 0 aromatic carbocycles. The van der Waals surface area contributed by atoms with Gasteiger partial charge in [0.25, 0.3) is 10.0 Å². The molecule has 15 nitrogen and oxygen atoms in total. The summed E-state index contributed by atoms with van der Waals surface area (Å²) in [4.78, 5) is 34.7. The highest BCUT2D eigenvalue weighted by Gasteiger charge is 2.45. The van der Waals surface area contributed by atoms with Crippen LogP contribution in [0.1, 0.15) is 12.7 Å². The highest BCUT2D eigenvalue weighted by atomic mass is 32.2. The molecular weight excluding hydrogens is 456 g/mol. The van der Waals surface area contributed by atoms with Crippen molar-refractivity contribution in [3.05, 3.63) is 5.82 Å². The Balaban J connectivity index is 1.95. The van der Waals surface area contributed by atoms with Gasteiger partial charge in [-0.1, -0.05) is 0 Å². The second kappa shape index (κ2) is 7.73. The van der Waals surface area contributed by atoms with Gasteiger partial charge in [0.05, 0.1) is 7.11 Å². The van der Waals surface area contributed by atoms with E-state index in [-0.39, 0.29) is 30.1 Å². The number of hydrogen-bond acceptors (Lipinski definition) is 12. The van der Waals surface area contributed by atoms with E-state index in [1.807, 2.05) is 0 Å². The largest absolute Gasteiger partial charge is 0.467 e. The summed E-state index contributed by atoms with van der Waals surface area (Å²) >= 11 is 0. The number of aromatic nitrogens is 5. The fourth-order valence-electron chi connectivity index (χ4n) is 2.86. The number of urea groups is 1. The normalized spacial score (nSPS) is 17.2. The Morgan fingerprint density at radius 3 is 2.55 bits per heavy atom. The first-order valence-electron chi connectivity index (χ1n) is 8.52. The number of aryl methyl sites for hydroxylation is 2. The van der Waals surface area contributed by atoms with E-state index >= 15 is 0 Å². The Morgan fingerprint density at radius 1 is 1.26 bits per heavy atom. The van der Waals surface area contributed by atoms with Gasteiger partial charge in [-0.15, -0.1) is 0 Å². The second-order valence-electron chi connectivity index (χ2n) is 6.38. The molecule has 1 unspecified atom stereocenters. The molecule has 3 rings (SSSR count). The topological polar surface area (TPSA) is 204 Å². The average molecular weight is 474 g/mol. The van der Waals surface area contributed by atoms with Crippen molar-refractivity contribution < 1.29 is 31.2 Å². The molecule has 2 aromatic rings. The maximum atomic E-state index is 12.9. The maximum Gasteiger partial charge on any atom is 0.335 e. The smallest absolute Gasteiger partial charge is 0.335 e. The van der Waals surface area contributed by atoms with E-state index in [0.717, 1.165) is 11.6 Å². The van der Waals surface area contributed by atoms with Crippen LogP contribution in [0.2, 0.25) is 0 Å². The number of nitrogens with one attached hydrogen (secondary N) is 3. The Morgan fingerprint density at radius 2 is 1.94 bits per heavy atom. The second-order valence-corrected chi connectivity index (χ2v) is 10.0. The molecule has 2 aromatic heterocycles. The molecule has 0 spiro atoms. The average Bonchev–Trinajstić information content (AvgIpc) is 2.98. The van der Waals surface area contributed by atoms with E-state index in [9.17, 15) is 26.4 Å². The summed E-state index contributed by atoms with van der Waals surface area (Å²) in [6.07, 6.45) is 0. The van der Waals surface area contributed by atoms with Crippen LogP contribution in [0, 0.1) is 6.92 Å². The first-order chi connectivity index (χ1) is 14.4. The lowest BCUT2D eigenvalue weighted by molar-refractivity contribution is -0.116. The van der Waals surface area contributed by atoms with Crippen molar-refractivity contribution in [1.29, 1.82) is 0 Å². The number of carbonyl (C=O) groups excluding carboxylic acids is 2. The highest BCUT2D eigenvalue weighted by Crippen LogP contribution is 2.34. The van der Waals surface area contributed by atoms with Gasteiger partial charge >= 0.3 is 12.0 Å². The van der Waals surface area contributed by atoms with Crippen molar-refractivity contribution in [2.75, 3.05) is 24.3 Å². The number of rotatable bonds is 5. The number of amides is 2. The number of methoxy groups -OCH3 is 1. The number of Topliss-reactive ketones (excluding diaryl/α,β-unsaturated/α-hetero) is 1. The Hall–Kier alpha value is -3.34. The van der Waals surface area contributed by atoms with Gasteiger partial charge in [0.15, 0.2) is 25.6 Å². The summed E-state index contributed by atoms with van der Waals surface area (Å²) in [5, 5.41) is 6.28. The van der Waals surface area contributed by atoms with Gasteiger partial charge < -0.3 is 10.1 Å². The minimum atomic E-state index is -4.75. The Labute approximate surface area is 176 Å². The fraction of sp³-hybridized carbons (Fsp3) is 0.429. The SMILES string of the molecule is COc1nc(C)nc(NC(=O)NS(=O)(=O)c2c3c(nn2C)NCC(C(C)=O)S3(=O)=O)n1. The molecule has 168 valence electrons. The molecule has 3 heterocycles. The van der Waals surface area contributed by atoms with Crippen LogP contribution in [0.3, 0.4) is 0 Å². The van der Waals surface area contributed by atoms with Crippen LogP contribution >= 0.6 is 0 Å². The molecule has 1 aliphatic heterocycles. The highest BCUT2D eigenvalue weighted by molar-refractivity contribution is 7.95. The summed E-state index contributed by atoms with van der Waals surface area (Å²) in [6.45, 7) is 2.32. The summed E-state index contributed by atoms with van der Waals surface area (Å²) in [7, 11) is -6.65. The van der Waals surface area contributed by atoms with Gasteiger partial charge in [0.2, 0.25) is 5.95 Å². The third-order valence-electron chi connectivity index (χ3n) is 4.14. The number of ether oxygens (including phenoxy) is 1. The van der Waals surface area contributed by atoms with Gasteiger partial charge in [-0.2, -0.15) is 28.5 Å². The van der Waals surface area contributed by atoms with Crippen LogP contribution in [-0.2, 0) is 31.7 Å². The third kappa shape index (κ3) is 4.13. The minimum Gasteiger partial charge on any atom is -0.467 e. The van der Waals surface area contributed by atoms with Crippen molar-refractivity contribution in [2.45, 2.75) is 29.0 Å². The molecule has 3 N–H and O–H groups in total. The number of sulfonamides is 1. The van der Waals surface area contributed by atoms with E-state index in [4.69, 9.17) is 4.74 Å². The zero-order chi connectivity index (χ0) is 23.1. The van der Waals surface area contributed by atoms with Gasteiger partial charge in [-0.3, -0.25) is 14.8 Å². The van der Waals surface area contributed by atoms with Crippen LogP contribution in [0.5, 0.6) is 6.01 Å². The van der Waals surface area contributed by atoms with Crippen LogP contribution in [0.15, 0.2) is 9.92 Å². The van der Waals surface area contributed by atoms with Gasteiger partial charge in [-0.25, -0.2) is 17.9 Å². The molecule has 17 heteroatoms. The van der Waals surface area contributed by atoms with E-state index in [0.29, 0.717) is 0 Å². The Kier molecular flexibility index (Phi) is 5.57. The van der Waals surface area contributed by atoms with Crippen LogP contribution in [0.4, 0.5) is 16.6 Å². The summed E-state index contributed by atoms with van der Waals surface area (Å²) < 4.78 is 58.7. The van der Waals surface area contributed by atoms with E-state index < -0.39 is 46.8 Å². The number of nitrogens with zero attached hydrogens (tertiary/aromatic N) is 5. The van der Waals surface area contributed by atoms with Gasteiger partial charge in [-0.05, 0) is 13.8 Å².